The third-order valence-corrected chi connectivity index (χ3v) is 5.10. The standard InChI is InChI=1S/C10H13BN2O2.C7H15BN2O3.2CH4/c1-11(15)13-6-8(7-13)10(14)9-4-2-3-5-12-9;1-8(12)10-4-6(5-10)7(11)9(2)13-3;;/h2-5,8,15H,6-7H2,1H3;6,12H,4-5H2,1-3H3;2*1H4. The van der Waals surface area contributed by atoms with Crippen molar-refractivity contribution in [3.05, 3.63) is 30.1 Å². The Hall–Kier alpha value is -1.78. The van der Waals surface area contributed by atoms with Crippen LogP contribution in [0.1, 0.15) is 25.3 Å². The van der Waals surface area contributed by atoms with E-state index < -0.39 is 14.1 Å². The highest BCUT2D eigenvalue weighted by molar-refractivity contribution is 6.46. The van der Waals surface area contributed by atoms with E-state index in [1.54, 1.807) is 39.0 Å². The number of ketones is 1. The summed E-state index contributed by atoms with van der Waals surface area (Å²) in [5.74, 6) is 0.0148. The molecule has 2 saturated heterocycles. The van der Waals surface area contributed by atoms with Crippen LogP contribution in [0, 0.1) is 11.8 Å². The molecule has 3 heterocycles. The van der Waals surface area contributed by atoms with Crippen molar-refractivity contribution in [2.45, 2.75) is 28.5 Å². The number of carbonyl (C=O) groups excluding carboxylic acids is 2. The van der Waals surface area contributed by atoms with E-state index in [4.69, 9.17) is 9.86 Å². The minimum Gasteiger partial charge on any atom is -0.437 e. The summed E-state index contributed by atoms with van der Waals surface area (Å²) in [5, 5.41) is 19.6. The molecule has 11 heteroatoms. The van der Waals surface area contributed by atoms with Crippen LogP contribution in [0.25, 0.3) is 0 Å². The molecule has 0 saturated carbocycles. The molecule has 1 aromatic heterocycles. The first-order valence-electron chi connectivity index (χ1n) is 9.35. The lowest BCUT2D eigenvalue weighted by molar-refractivity contribution is -0.177. The Morgan fingerprint density at radius 1 is 1.07 bits per heavy atom. The zero-order chi connectivity index (χ0) is 20.8. The Kier molecular flexibility index (Phi) is 12.1. The Balaban J connectivity index is 0.000000531. The molecule has 0 aromatic carbocycles. The van der Waals surface area contributed by atoms with E-state index >= 15 is 0 Å². The molecule has 0 aliphatic carbocycles. The minimum absolute atomic E-state index is 0. The average Bonchev–Trinajstić information content (AvgIpc) is 2.58. The highest BCUT2D eigenvalue weighted by atomic mass is 16.7. The monoisotopic (exact) mass is 422 g/mol. The van der Waals surface area contributed by atoms with Gasteiger partial charge in [-0.2, -0.15) is 0 Å². The molecule has 0 atom stereocenters. The van der Waals surface area contributed by atoms with E-state index in [0.29, 0.717) is 31.9 Å². The summed E-state index contributed by atoms with van der Waals surface area (Å²) in [5.41, 5.74) is 0.521. The van der Waals surface area contributed by atoms with Crippen LogP contribution >= 0.6 is 0 Å². The van der Waals surface area contributed by atoms with Gasteiger partial charge in [0.15, 0.2) is 5.78 Å². The highest BCUT2D eigenvalue weighted by Crippen LogP contribution is 2.20. The van der Waals surface area contributed by atoms with Crippen molar-refractivity contribution in [3.8, 4) is 0 Å². The van der Waals surface area contributed by atoms with Crippen LogP contribution in [-0.4, -0.2) is 95.8 Å². The molecule has 2 aliphatic rings. The average molecular weight is 422 g/mol. The van der Waals surface area contributed by atoms with Crippen molar-refractivity contribution in [1.29, 1.82) is 0 Å². The van der Waals surface area contributed by atoms with Gasteiger partial charge in [0, 0.05) is 45.3 Å². The number of amides is 1. The number of carbonyl (C=O) groups is 2. The zero-order valence-electron chi connectivity index (χ0n) is 16.9. The summed E-state index contributed by atoms with van der Waals surface area (Å²) in [6.45, 7) is 5.90. The zero-order valence-corrected chi connectivity index (χ0v) is 16.9. The Morgan fingerprint density at radius 2 is 1.57 bits per heavy atom. The fourth-order valence-corrected chi connectivity index (χ4v) is 3.02. The Labute approximate surface area is 181 Å². The van der Waals surface area contributed by atoms with Gasteiger partial charge in [-0.3, -0.25) is 19.4 Å². The molecular weight excluding hydrogens is 386 g/mol. The van der Waals surface area contributed by atoms with E-state index in [1.807, 2.05) is 15.7 Å². The number of hydrogen-bond acceptors (Lipinski definition) is 8. The third kappa shape index (κ3) is 7.17. The maximum atomic E-state index is 11.8. The lowest BCUT2D eigenvalue weighted by atomic mass is 9.77. The largest absolute Gasteiger partial charge is 0.437 e. The van der Waals surface area contributed by atoms with E-state index in [-0.39, 0.29) is 38.4 Å². The molecule has 0 radical (unpaired) electrons. The molecule has 9 nitrogen and oxygen atoms in total. The molecular formula is C19H36B2N4O5. The van der Waals surface area contributed by atoms with Crippen LogP contribution in [0.15, 0.2) is 24.4 Å². The molecule has 30 heavy (non-hydrogen) atoms. The van der Waals surface area contributed by atoms with Gasteiger partial charge >= 0.3 is 14.1 Å². The van der Waals surface area contributed by atoms with Gasteiger partial charge in [0.05, 0.1) is 13.0 Å². The number of hydroxylamine groups is 2. The first kappa shape index (κ1) is 28.2. The van der Waals surface area contributed by atoms with Gasteiger partial charge in [0.1, 0.15) is 5.69 Å². The number of pyridine rings is 1. The van der Waals surface area contributed by atoms with Gasteiger partial charge in [-0.05, 0) is 25.8 Å². The summed E-state index contributed by atoms with van der Waals surface area (Å²) >= 11 is 0. The lowest BCUT2D eigenvalue weighted by Crippen LogP contribution is -2.58. The van der Waals surface area contributed by atoms with E-state index in [2.05, 4.69) is 4.98 Å². The Morgan fingerprint density at radius 3 is 1.97 bits per heavy atom. The van der Waals surface area contributed by atoms with Gasteiger partial charge in [-0.1, -0.05) is 20.9 Å². The number of Topliss-reactive ketones (excluding diaryl/α,β-unsaturated/α-hetero) is 1. The van der Waals surface area contributed by atoms with Crippen molar-refractivity contribution >= 4 is 25.8 Å². The molecule has 0 bridgehead atoms. The van der Waals surface area contributed by atoms with Crippen molar-refractivity contribution in [2.75, 3.05) is 40.3 Å². The van der Waals surface area contributed by atoms with Gasteiger partial charge in [-0.15, -0.1) is 0 Å². The topological polar surface area (TPSA) is 106 Å². The molecule has 1 aromatic rings. The fourth-order valence-electron chi connectivity index (χ4n) is 3.02. The predicted octanol–water partition coefficient (Wildman–Crippen LogP) is 0.627. The molecule has 2 fully saturated rings. The van der Waals surface area contributed by atoms with Crippen LogP contribution in [0.2, 0.25) is 13.6 Å². The maximum Gasteiger partial charge on any atom is 0.376 e. The second-order valence-electron chi connectivity index (χ2n) is 7.16. The van der Waals surface area contributed by atoms with Crippen LogP contribution < -0.4 is 0 Å². The van der Waals surface area contributed by atoms with E-state index in [9.17, 15) is 14.6 Å². The fraction of sp³-hybridized carbons (Fsp3) is 0.632. The van der Waals surface area contributed by atoms with Crippen molar-refractivity contribution in [3.63, 3.8) is 0 Å². The minimum atomic E-state index is -0.461. The van der Waals surface area contributed by atoms with Crippen molar-refractivity contribution in [1.82, 2.24) is 19.7 Å². The molecule has 1 amide bonds. The van der Waals surface area contributed by atoms with Crippen LogP contribution in [0.3, 0.4) is 0 Å². The van der Waals surface area contributed by atoms with E-state index in [1.165, 1.54) is 12.2 Å². The summed E-state index contributed by atoms with van der Waals surface area (Å²) in [4.78, 5) is 35.7. The molecule has 2 aliphatic heterocycles. The number of hydrogen-bond donors (Lipinski definition) is 2. The first-order valence-corrected chi connectivity index (χ1v) is 9.35. The summed E-state index contributed by atoms with van der Waals surface area (Å²) in [6.07, 6.45) is 1.62. The normalized spacial score (nSPS) is 16.5. The lowest BCUT2D eigenvalue weighted by Gasteiger charge is -2.40. The molecule has 0 spiro atoms. The Bertz CT molecular complexity index is 654. The third-order valence-electron chi connectivity index (χ3n) is 5.10. The van der Waals surface area contributed by atoms with Crippen LogP contribution in [0.5, 0.6) is 0 Å². The summed E-state index contributed by atoms with van der Waals surface area (Å²) < 4.78 is 0. The quantitative estimate of drug-likeness (QED) is 0.391. The first-order chi connectivity index (χ1) is 13.2. The summed E-state index contributed by atoms with van der Waals surface area (Å²) in [7, 11) is 2.13. The van der Waals surface area contributed by atoms with Crippen LogP contribution in [-0.2, 0) is 9.63 Å². The second-order valence-corrected chi connectivity index (χ2v) is 7.16. The van der Waals surface area contributed by atoms with Crippen molar-refractivity contribution in [2.24, 2.45) is 11.8 Å². The van der Waals surface area contributed by atoms with Gasteiger partial charge in [-0.25, -0.2) is 5.06 Å². The molecule has 2 N–H and O–H groups in total. The highest BCUT2D eigenvalue weighted by Gasteiger charge is 2.38. The molecule has 3 rings (SSSR count). The number of aromatic nitrogens is 1. The summed E-state index contributed by atoms with van der Waals surface area (Å²) in [6, 6.07) is 5.33. The van der Waals surface area contributed by atoms with Gasteiger partial charge in [0.2, 0.25) is 0 Å². The SMILES string of the molecule is C.C.CB(O)N1CC(C(=O)c2ccccn2)C1.CON(C)C(=O)C1CN(B(C)O)C1. The van der Waals surface area contributed by atoms with Crippen molar-refractivity contribution < 1.29 is 24.5 Å². The number of nitrogens with zero attached hydrogens (tertiary/aromatic N) is 4. The van der Waals surface area contributed by atoms with E-state index in [0.717, 1.165) is 0 Å². The number of rotatable bonds is 6. The van der Waals surface area contributed by atoms with Gasteiger partial charge < -0.3 is 19.7 Å². The van der Waals surface area contributed by atoms with Crippen LogP contribution in [0.4, 0.5) is 0 Å². The second kappa shape index (κ2) is 12.8. The van der Waals surface area contributed by atoms with Gasteiger partial charge in [0.25, 0.3) is 5.91 Å². The molecule has 168 valence electrons. The smallest absolute Gasteiger partial charge is 0.376 e. The maximum absolute atomic E-state index is 11.8. The predicted molar refractivity (Wildman–Crippen MR) is 120 cm³/mol. The molecule has 0 unspecified atom stereocenters.